The first-order valence-corrected chi connectivity index (χ1v) is 8.14. The van der Waals surface area contributed by atoms with E-state index in [2.05, 4.69) is 4.72 Å². The van der Waals surface area contributed by atoms with E-state index in [1.807, 2.05) is 4.90 Å². The maximum Gasteiger partial charge on any atom is 0.243 e. The average Bonchev–Trinajstić information content (AvgIpc) is 2.40. The number of benzene rings is 1. The number of carbonyl (C=O) groups is 1. The van der Waals surface area contributed by atoms with Crippen molar-refractivity contribution < 1.29 is 17.6 Å². The zero-order valence-corrected chi connectivity index (χ0v) is 12.3. The summed E-state index contributed by atoms with van der Waals surface area (Å²) in [5.74, 6) is -1.17. The number of primary amides is 1. The van der Waals surface area contributed by atoms with Gasteiger partial charge in [-0.25, -0.2) is 17.5 Å². The van der Waals surface area contributed by atoms with E-state index < -0.39 is 21.7 Å². The number of piperidine rings is 1. The third kappa shape index (κ3) is 4.23. The number of nitrogens with zero attached hydrogens (tertiary/aromatic N) is 1. The van der Waals surface area contributed by atoms with Crippen molar-refractivity contribution in [3.63, 3.8) is 0 Å². The number of nitrogens with two attached hydrogens (primary N) is 1. The largest absolute Gasteiger partial charge is 0.369 e. The molecule has 0 atom stereocenters. The van der Waals surface area contributed by atoms with Crippen LogP contribution in [0.3, 0.4) is 0 Å². The Labute approximate surface area is 123 Å². The summed E-state index contributed by atoms with van der Waals surface area (Å²) in [5.41, 5.74) is 5.12. The molecule has 1 fully saturated rings. The average molecular weight is 315 g/mol. The minimum absolute atomic E-state index is 0.173. The van der Waals surface area contributed by atoms with Gasteiger partial charge in [-0.3, -0.25) is 9.69 Å². The molecule has 0 aliphatic carbocycles. The Morgan fingerprint density at radius 3 is 2.52 bits per heavy atom. The van der Waals surface area contributed by atoms with E-state index in [9.17, 15) is 17.6 Å². The molecule has 0 bridgehead atoms. The summed E-state index contributed by atoms with van der Waals surface area (Å²) in [4.78, 5) is 12.4. The molecule has 1 aromatic carbocycles. The lowest BCUT2D eigenvalue weighted by Crippen LogP contribution is -2.46. The molecule has 1 aromatic rings. The van der Waals surface area contributed by atoms with Crippen molar-refractivity contribution >= 4 is 15.9 Å². The van der Waals surface area contributed by atoms with E-state index in [4.69, 9.17) is 5.73 Å². The van der Waals surface area contributed by atoms with Gasteiger partial charge in [-0.05, 0) is 25.0 Å². The second-order valence-corrected chi connectivity index (χ2v) is 6.75. The molecule has 1 saturated heterocycles. The molecule has 0 saturated carbocycles. The Balaban J connectivity index is 1.97. The summed E-state index contributed by atoms with van der Waals surface area (Å²) in [5, 5.41) is 0. The number of nitrogens with one attached hydrogen (secondary N) is 1. The molecule has 1 heterocycles. The van der Waals surface area contributed by atoms with Gasteiger partial charge in [0, 0.05) is 19.1 Å². The van der Waals surface area contributed by atoms with Crippen molar-refractivity contribution in [1.82, 2.24) is 9.62 Å². The molecule has 1 aliphatic heterocycles. The van der Waals surface area contributed by atoms with Gasteiger partial charge in [0.05, 0.1) is 6.54 Å². The summed E-state index contributed by atoms with van der Waals surface area (Å²) in [6.07, 6.45) is 1.11. The van der Waals surface area contributed by atoms with Crippen LogP contribution in [0.2, 0.25) is 0 Å². The van der Waals surface area contributed by atoms with Crippen molar-refractivity contribution in [1.29, 1.82) is 0 Å². The minimum Gasteiger partial charge on any atom is -0.369 e. The fraction of sp³-hybridized carbons (Fsp3) is 0.462. The molecular formula is C13H18FN3O3S. The van der Waals surface area contributed by atoms with E-state index in [-0.39, 0.29) is 17.5 Å². The lowest BCUT2D eigenvalue weighted by atomic mass is 10.1. The van der Waals surface area contributed by atoms with Gasteiger partial charge >= 0.3 is 0 Å². The van der Waals surface area contributed by atoms with E-state index in [0.717, 1.165) is 6.07 Å². The Kier molecular flexibility index (Phi) is 4.92. The highest BCUT2D eigenvalue weighted by Gasteiger charge is 2.26. The van der Waals surface area contributed by atoms with Crippen LogP contribution in [0.25, 0.3) is 0 Å². The number of sulfonamides is 1. The number of hydrogen-bond donors (Lipinski definition) is 2. The predicted octanol–water partition coefficient (Wildman–Crippen LogP) is 0.0537. The lowest BCUT2D eigenvalue weighted by molar-refractivity contribution is -0.119. The van der Waals surface area contributed by atoms with Gasteiger partial charge in [-0.2, -0.15) is 0 Å². The quantitative estimate of drug-likeness (QED) is 0.803. The number of hydrogen-bond acceptors (Lipinski definition) is 4. The first-order valence-electron chi connectivity index (χ1n) is 6.66. The van der Waals surface area contributed by atoms with Crippen molar-refractivity contribution in [2.75, 3.05) is 19.6 Å². The zero-order chi connectivity index (χ0) is 15.5. The molecule has 1 aliphatic rings. The van der Waals surface area contributed by atoms with E-state index in [0.29, 0.717) is 25.9 Å². The summed E-state index contributed by atoms with van der Waals surface area (Å²) >= 11 is 0. The van der Waals surface area contributed by atoms with Crippen molar-refractivity contribution in [2.45, 2.75) is 23.8 Å². The normalized spacial score (nSPS) is 17.8. The number of amides is 1. The molecular weight excluding hydrogens is 297 g/mol. The van der Waals surface area contributed by atoms with Gasteiger partial charge < -0.3 is 5.73 Å². The molecule has 2 rings (SSSR count). The third-order valence-corrected chi connectivity index (χ3v) is 4.97. The first kappa shape index (κ1) is 15.9. The van der Waals surface area contributed by atoms with Crippen LogP contribution in [-0.2, 0) is 14.8 Å². The van der Waals surface area contributed by atoms with Crippen LogP contribution < -0.4 is 10.5 Å². The lowest BCUT2D eigenvalue weighted by Gasteiger charge is -2.31. The second-order valence-electron chi connectivity index (χ2n) is 5.07. The van der Waals surface area contributed by atoms with Gasteiger partial charge in [-0.15, -0.1) is 0 Å². The van der Waals surface area contributed by atoms with Crippen molar-refractivity contribution in [3.8, 4) is 0 Å². The Hall–Kier alpha value is -1.51. The molecule has 0 aromatic heterocycles. The molecule has 0 spiro atoms. The van der Waals surface area contributed by atoms with E-state index >= 15 is 0 Å². The fourth-order valence-corrected chi connectivity index (χ4v) is 3.76. The summed E-state index contributed by atoms with van der Waals surface area (Å²) in [6, 6.07) is 5.01. The maximum atomic E-state index is 13.6. The SMILES string of the molecule is NC(=O)CN1CCC(NS(=O)(=O)c2ccccc2F)CC1. The predicted molar refractivity (Wildman–Crippen MR) is 75.4 cm³/mol. The Bertz CT molecular complexity index is 613. The molecule has 6 nitrogen and oxygen atoms in total. The van der Waals surface area contributed by atoms with Crippen molar-refractivity contribution in [3.05, 3.63) is 30.1 Å². The maximum absolute atomic E-state index is 13.6. The van der Waals surface area contributed by atoms with E-state index in [1.54, 1.807) is 0 Å². The number of likely N-dealkylation sites (tertiary alicyclic amines) is 1. The third-order valence-electron chi connectivity index (χ3n) is 3.42. The summed E-state index contributed by atoms with van der Waals surface area (Å²) < 4.78 is 40.4. The Morgan fingerprint density at radius 1 is 1.33 bits per heavy atom. The molecule has 3 N–H and O–H groups in total. The smallest absolute Gasteiger partial charge is 0.243 e. The highest BCUT2D eigenvalue weighted by molar-refractivity contribution is 7.89. The van der Waals surface area contributed by atoms with E-state index in [1.165, 1.54) is 18.2 Å². The molecule has 116 valence electrons. The standard InChI is InChI=1S/C13H18FN3O3S/c14-11-3-1-2-4-12(11)21(19,20)16-10-5-7-17(8-6-10)9-13(15)18/h1-4,10,16H,5-9H2,(H2,15,18). The minimum atomic E-state index is -3.87. The number of rotatable bonds is 5. The van der Waals surface area contributed by atoms with Crippen LogP contribution in [0.5, 0.6) is 0 Å². The molecule has 1 amide bonds. The van der Waals surface area contributed by atoms with Gasteiger partial charge in [0.15, 0.2) is 0 Å². The zero-order valence-electron chi connectivity index (χ0n) is 11.5. The highest BCUT2D eigenvalue weighted by Crippen LogP contribution is 2.17. The van der Waals surface area contributed by atoms with Crippen molar-refractivity contribution in [2.24, 2.45) is 5.73 Å². The number of halogens is 1. The Morgan fingerprint density at radius 2 is 1.95 bits per heavy atom. The van der Waals surface area contributed by atoms with Gasteiger partial charge in [0.1, 0.15) is 10.7 Å². The topological polar surface area (TPSA) is 92.5 Å². The monoisotopic (exact) mass is 315 g/mol. The first-order chi connectivity index (χ1) is 9.88. The summed E-state index contributed by atoms with van der Waals surface area (Å²) in [7, 11) is -3.87. The molecule has 0 radical (unpaired) electrons. The van der Waals surface area contributed by atoms with Crippen LogP contribution in [0, 0.1) is 5.82 Å². The van der Waals surface area contributed by atoms with Gasteiger partial charge in [0.2, 0.25) is 15.9 Å². The van der Waals surface area contributed by atoms with Crippen LogP contribution in [-0.4, -0.2) is 44.9 Å². The molecule has 0 unspecified atom stereocenters. The highest BCUT2D eigenvalue weighted by atomic mass is 32.2. The molecule has 8 heteroatoms. The van der Waals surface area contributed by atoms with Gasteiger partial charge in [0.25, 0.3) is 0 Å². The second kappa shape index (κ2) is 6.50. The van der Waals surface area contributed by atoms with Gasteiger partial charge in [-0.1, -0.05) is 12.1 Å². The van der Waals surface area contributed by atoms with Crippen LogP contribution in [0.4, 0.5) is 4.39 Å². The van der Waals surface area contributed by atoms with Crippen LogP contribution in [0.15, 0.2) is 29.2 Å². The number of carbonyl (C=O) groups excluding carboxylic acids is 1. The molecule has 21 heavy (non-hydrogen) atoms. The summed E-state index contributed by atoms with van der Waals surface area (Å²) in [6.45, 7) is 1.33. The van der Waals surface area contributed by atoms with Crippen LogP contribution >= 0.6 is 0 Å². The van der Waals surface area contributed by atoms with Crippen LogP contribution in [0.1, 0.15) is 12.8 Å². The fourth-order valence-electron chi connectivity index (χ4n) is 2.37.